The Bertz CT molecular complexity index is 1460. The predicted octanol–water partition coefficient (Wildman–Crippen LogP) is 4.44. The van der Waals surface area contributed by atoms with E-state index in [4.69, 9.17) is 4.74 Å². The minimum Gasteiger partial charge on any atom is -0.483 e. The molecule has 2 aliphatic rings. The number of hydrogen-bond acceptors (Lipinski definition) is 8. The number of nitrogens with zero attached hydrogens (tertiary/aromatic N) is 2. The number of carbonyl (C=O) groups excluding carboxylic acids is 5. The van der Waals surface area contributed by atoms with Crippen molar-refractivity contribution in [2.45, 2.75) is 90.4 Å². The van der Waals surface area contributed by atoms with E-state index in [1.54, 1.807) is 9.80 Å². The van der Waals surface area contributed by atoms with Gasteiger partial charge in [-0.25, -0.2) is 4.79 Å². The van der Waals surface area contributed by atoms with Crippen LogP contribution in [-0.2, 0) is 41.5 Å². The third kappa shape index (κ3) is 10.3. The topological polar surface area (TPSA) is 158 Å². The molecule has 2 saturated heterocycles. The first-order chi connectivity index (χ1) is 24.8. The molecular weight excluding hydrogens is 664 g/mol. The zero-order valence-corrected chi connectivity index (χ0v) is 31.2. The van der Waals surface area contributed by atoms with Crippen LogP contribution in [0.25, 0.3) is 0 Å². The van der Waals surface area contributed by atoms with Crippen molar-refractivity contribution in [1.82, 2.24) is 20.4 Å². The fourth-order valence-electron chi connectivity index (χ4n) is 6.66. The minimum absolute atomic E-state index is 0.0236. The highest BCUT2D eigenvalue weighted by Crippen LogP contribution is 2.24. The zero-order valence-electron chi connectivity index (χ0n) is 31.2. The molecule has 0 aromatic heterocycles. The Morgan fingerprint density at radius 1 is 0.673 bits per heavy atom. The van der Waals surface area contributed by atoms with Gasteiger partial charge in [-0.05, 0) is 92.3 Å². The molecule has 2 aromatic rings. The molecule has 4 atom stereocenters. The zero-order chi connectivity index (χ0) is 37.9. The van der Waals surface area contributed by atoms with E-state index in [0.29, 0.717) is 49.6 Å². The predicted molar refractivity (Wildman–Crippen MR) is 199 cm³/mol. The molecule has 0 unspecified atom stereocenters. The van der Waals surface area contributed by atoms with E-state index in [-0.39, 0.29) is 35.5 Å². The Morgan fingerprint density at radius 2 is 1.08 bits per heavy atom. The van der Waals surface area contributed by atoms with Crippen LogP contribution in [0.2, 0.25) is 0 Å². The maximum Gasteiger partial charge on any atom is 0.407 e. The molecule has 0 aliphatic carbocycles. The molecule has 4 rings (SSSR count). The van der Waals surface area contributed by atoms with Crippen LogP contribution in [0.3, 0.4) is 0 Å². The molecule has 0 radical (unpaired) electrons. The number of alkyl carbamates (subject to hydrolysis) is 1. The standard InChI is InChI=1S/C39H54N6O7/c1-24(2)33(40-26(5)51-6)37(48)44-22-8-10-31(44)35(46)41-29-18-14-27(15-19-29)12-13-28-16-20-30(21-17-28)42-36(47)32-11-9-23-45(32)38(49)34(25(3)4)43-39(50)52-7/h14-21,24-25,31-34,40H,5,8-13,22-23H2,1-4,6-7H3,(H,41,46)(H,42,47)(H,43,50)/t31-,32-,33-,34-/m0/s1. The largest absolute Gasteiger partial charge is 0.483 e. The van der Waals surface area contributed by atoms with Crippen molar-refractivity contribution in [3.63, 3.8) is 0 Å². The molecule has 4 N–H and O–H groups in total. The second kappa shape index (κ2) is 18.4. The van der Waals surface area contributed by atoms with Gasteiger partial charge in [0.2, 0.25) is 23.6 Å². The number of nitrogens with one attached hydrogen (secondary N) is 4. The van der Waals surface area contributed by atoms with Gasteiger partial charge in [0.15, 0.2) is 5.88 Å². The number of methoxy groups -OCH3 is 2. The van der Waals surface area contributed by atoms with Crippen molar-refractivity contribution >= 4 is 41.1 Å². The maximum absolute atomic E-state index is 13.4. The summed E-state index contributed by atoms with van der Waals surface area (Å²) in [6.45, 7) is 12.3. The molecule has 52 heavy (non-hydrogen) atoms. The average Bonchev–Trinajstić information content (AvgIpc) is 3.83. The van der Waals surface area contributed by atoms with Crippen LogP contribution in [0.4, 0.5) is 16.2 Å². The first-order valence-corrected chi connectivity index (χ1v) is 18.1. The highest BCUT2D eigenvalue weighted by molar-refractivity contribution is 5.99. The Labute approximate surface area is 306 Å². The van der Waals surface area contributed by atoms with Gasteiger partial charge in [-0.2, -0.15) is 0 Å². The summed E-state index contributed by atoms with van der Waals surface area (Å²) >= 11 is 0. The normalized spacial score (nSPS) is 18.1. The minimum atomic E-state index is -0.788. The molecule has 0 spiro atoms. The van der Waals surface area contributed by atoms with Gasteiger partial charge in [0.25, 0.3) is 0 Å². The monoisotopic (exact) mass is 718 g/mol. The molecule has 282 valence electrons. The summed E-state index contributed by atoms with van der Waals surface area (Å²) in [7, 11) is 2.74. The summed E-state index contributed by atoms with van der Waals surface area (Å²) in [4.78, 5) is 68.3. The number of ether oxygens (including phenoxy) is 2. The average molecular weight is 719 g/mol. The number of likely N-dealkylation sites (tertiary alicyclic amines) is 2. The van der Waals surface area contributed by atoms with Crippen molar-refractivity contribution in [2.75, 3.05) is 37.9 Å². The number of carbonyl (C=O) groups is 5. The van der Waals surface area contributed by atoms with Gasteiger partial charge < -0.3 is 40.5 Å². The molecule has 0 bridgehead atoms. The second-order valence-corrected chi connectivity index (χ2v) is 14.1. The van der Waals surface area contributed by atoms with Crippen LogP contribution in [0.1, 0.15) is 64.5 Å². The smallest absolute Gasteiger partial charge is 0.407 e. The Kier molecular flexibility index (Phi) is 14.1. The van der Waals surface area contributed by atoms with Crippen LogP contribution in [-0.4, -0.2) is 91.0 Å². The van der Waals surface area contributed by atoms with Crippen LogP contribution < -0.4 is 21.3 Å². The third-order valence-electron chi connectivity index (χ3n) is 9.71. The fourth-order valence-corrected chi connectivity index (χ4v) is 6.66. The summed E-state index contributed by atoms with van der Waals surface area (Å²) < 4.78 is 9.80. The Morgan fingerprint density at radius 3 is 1.44 bits per heavy atom. The number of hydrogen-bond donors (Lipinski definition) is 4. The number of aryl methyl sites for hydroxylation is 2. The molecular formula is C39H54N6O7. The van der Waals surface area contributed by atoms with Crippen molar-refractivity contribution in [2.24, 2.45) is 11.8 Å². The van der Waals surface area contributed by atoms with Crippen LogP contribution in [0.5, 0.6) is 0 Å². The summed E-state index contributed by atoms with van der Waals surface area (Å²) in [5.41, 5.74) is 3.50. The van der Waals surface area contributed by atoms with E-state index in [0.717, 1.165) is 30.4 Å². The van der Waals surface area contributed by atoms with E-state index >= 15 is 0 Å². The van der Waals surface area contributed by atoms with Crippen molar-refractivity contribution in [3.05, 3.63) is 72.1 Å². The van der Waals surface area contributed by atoms with Gasteiger partial charge in [0.05, 0.1) is 14.2 Å². The molecule has 13 nitrogen and oxygen atoms in total. The van der Waals surface area contributed by atoms with Gasteiger partial charge >= 0.3 is 6.09 Å². The molecule has 0 saturated carbocycles. The van der Waals surface area contributed by atoms with Gasteiger partial charge in [-0.3, -0.25) is 19.2 Å². The SMILES string of the molecule is C=C(N[C@H](C(=O)N1CCC[C@H]1C(=O)Nc1ccc(CCc2ccc(NC(=O)[C@@H]3CCCN3C(=O)[C@@H](NC(=O)OC)C(C)C)cc2)cc1)C(C)C)OC. The van der Waals surface area contributed by atoms with Gasteiger partial charge in [-0.1, -0.05) is 52.0 Å². The summed E-state index contributed by atoms with van der Waals surface area (Å²) in [5, 5.41) is 11.6. The maximum atomic E-state index is 13.4. The molecule has 2 aliphatic heterocycles. The molecule has 5 amide bonds. The first kappa shape index (κ1) is 39.7. The Balaban J connectivity index is 1.27. The second-order valence-electron chi connectivity index (χ2n) is 14.1. The van der Waals surface area contributed by atoms with Crippen molar-refractivity contribution < 1.29 is 33.4 Å². The van der Waals surface area contributed by atoms with E-state index in [1.807, 2.05) is 76.2 Å². The summed E-state index contributed by atoms with van der Waals surface area (Å²) in [5.74, 6) is -0.799. The fraction of sp³-hybridized carbons (Fsp3) is 0.513. The number of benzene rings is 2. The van der Waals surface area contributed by atoms with Crippen molar-refractivity contribution in [3.8, 4) is 0 Å². The molecule has 13 heteroatoms. The van der Waals surface area contributed by atoms with Crippen molar-refractivity contribution in [1.29, 1.82) is 0 Å². The van der Waals surface area contributed by atoms with E-state index in [9.17, 15) is 24.0 Å². The van der Waals surface area contributed by atoms with E-state index < -0.39 is 30.3 Å². The lowest BCUT2D eigenvalue weighted by Gasteiger charge is -2.31. The first-order valence-electron chi connectivity index (χ1n) is 18.1. The molecule has 2 heterocycles. The van der Waals surface area contributed by atoms with Gasteiger partial charge in [-0.15, -0.1) is 0 Å². The number of amides is 5. The molecule has 2 fully saturated rings. The highest BCUT2D eigenvalue weighted by atomic mass is 16.5. The summed E-state index contributed by atoms with van der Waals surface area (Å²) in [6.07, 6.45) is 3.45. The van der Waals surface area contributed by atoms with Crippen LogP contribution >= 0.6 is 0 Å². The van der Waals surface area contributed by atoms with Gasteiger partial charge in [0.1, 0.15) is 24.2 Å². The van der Waals surface area contributed by atoms with Gasteiger partial charge in [0, 0.05) is 24.5 Å². The Hall–Kier alpha value is -5.07. The lowest BCUT2D eigenvalue weighted by Crippen LogP contribution is -2.54. The number of anilines is 2. The third-order valence-corrected chi connectivity index (χ3v) is 9.71. The van der Waals surface area contributed by atoms with Crippen LogP contribution in [0.15, 0.2) is 61.0 Å². The van der Waals surface area contributed by atoms with E-state index in [1.165, 1.54) is 14.2 Å². The lowest BCUT2D eigenvalue weighted by atomic mass is 10.0. The quantitative estimate of drug-likeness (QED) is 0.197. The number of rotatable bonds is 15. The van der Waals surface area contributed by atoms with E-state index in [2.05, 4.69) is 32.6 Å². The highest BCUT2D eigenvalue weighted by Gasteiger charge is 2.40. The molecule has 2 aromatic carbocycles. The van der Waals surface area contributed by atoms with Crippen LogP contribution in [0, 0.1) is 11.8 Å². The summed E-state index contributed by atoms with van der Waals surface area (Å²) in [6, 6.07) is 12.9. The lowest BCUT2D eigenvalue weighted by molar-refractivity contribution is -0.139.